The quantitative estimate of drug-likeness (QED) is 0.0720. The number of ether oxygens (including phenoxy) is 5. The predicted octanol–water partition coefficient (Wildman–Crippen LogP) is -2.04. The SMILES string of the molecule is O=C(C=Cc1ccc(O)c(O)c1)O[C@H]1[C@H](O[C@H]2O[C@H](CO)[C@@H](O)[C@H](O)[C@H]2O)[C@@H](O)[C@H](OCCc2ccc(O)c(O)c2)O[C@@H]1CO. The molecule has 2 aliphatic rings. The number of aliphatic hydroxyl groups is 6. The highest BCUT2D eigenvalue weighted by Crippen LogP contribution is 2.32. The maximum atomic E-state index is 12.8. The van der Waals surface area contributed by atoms with Gasteiger partial charge in [0, 0.05) is 6.08 Å². The van der Waals surface area contributed by atoms with E-state index in [2.05, 4.69) is 0 Å². The Hall–Kier alpha value is -3.55. The molecule has 2 heterocycles. The second-order valence-electron chi connectivity index (χ2n) is 10.4. The Morgan fingerprint density at radius 3 is 2.02 bits per heavy atom. The van der Waals surface area contributed by atoms with E-state index in [9.17, 15) is 55.9 Å². The van der Waals surface area contributed by atoms with Crippen molar-refractivity contribution >= 4 is 12.0 Å². The Bertz CT molecular complexity index is 1320. The lowest BCUT2D eigenvalue weighted by Gasteiger charge is -2.46. The maximum Gasteiger partial charge on any atom is 0.331 e. The molecule has 2 aliphatic heterocycles. The molecule has 0 aromatic heterocycles. The van der Waals surface area contributed by atoms with Gasteiger partial charge in [-0.25, -0.2) is 4.79 Å². The van der Waals surface area contributed by atoms with E-state index in [4.69, 9.17) is 23.7 Å². The molecule has 16 nitrogen and oxygen atoms in total. The largest absolute Gasteiger partial charge is 0.504 e. The van der Waals surface area contributed by atoms with E-state index >= 15 is 0 Å². The van der Waals surface area contributed by atoms with Crippen LogP contribution in [0.5, 0.6) is 23.0 Å². The van der Waals surface area contributed by atoms with Crippen LogP contribution in [-0.2, 0) is 34.9 Å². The van der Waals surface area contributed by atoms with Gasteiger partial charge in [-0.1, -0.05) is 12.1 Å². The molecule has 10 atom stereocenters. The van der Waals surface area contributed by atoms with Crippen LogP contribution in [0.1, 0.15) is 11.1 Å². The van der Waals surface area contributed by atoms with Crippen molar-refractivity contribution in [3.05, 3.63) is 53.6 Å². The lowest BCUT2D eigenvalue weighted by Crippen LogP contribution is -2.65. The Morgan fingerprint density at radius 2 is 1.38 bits per heavy atom. The minimum atomic E-state index is -1.88. The summed E-state index contributed by atoms with van der Waals surface area (Å²) in [5, 5.41) is 100. The monoisotopic (exact) mass is 640 g/mol. The molecule has 0 unspecified atom stereocenters. The molecule has 2 aromatic rings. The van der Waals surface area contributed by atoms with E-state index < -0.39 is 86.3 Å². The molecule has 4 rings (SSSR count). The molecule has 248 valence electrons. The molecule has 16 heteroatoms. The van der Waals surface area contributed by atoms with Gasteiger partial charge < -0.3 is 74.7 Å². The summed E-state index contributed by atoms with van der Waals surface area (Å²) >= 11 is 0. The molecule has 0 saturated carbocycles. The van der Waals surface area contributed by atoms with Crippen molar-refractivity contribution in [2.75, 3.05) is 19.8 Å². The second kappa shape index (κ2) is 15.2. The number of benzene rings is 2. The average molecular weight is 641 g/mol. The number of carbonyl (C=O) groups excluding carboxylic acids is 1. The fraction of sp³-hybridized carbons (Fsp3) is 0.483. The average Bonchev–Trinajstić information content (AvgIpc) is 3.02. The zero-order valence-electron chi connectivity index (χ0n) is 23.6. The van der Waals surface area contributed by atoms with Crippen molar-refractivity contribution in [2.24, 2.45) is 0 Å². The van der Waals surface area contributed by atoms with Crippen LogP contribution >= 0.6 is 0 Å². The smallest absolute Gasteiger partial charge is 0.331 e. The minimum absolute atomic E-state index is 0.108. The van der Waals surface area contributed by atoms with Crippen LogP contribution in [0.2, 0.25) is 0 Å². The Labute approximate surface area is 256 Å². The number of aliphatic hydroxyl groups excluding tert-OH is 6. The second-order valence-corrected chi connectivity index (χ2v) is 10.4. The summed E-state index contributed by atoms with van der Waals surface area (Å²) < 4.78 is 28.0. The topological polar surface area (TPSA) is 266 Å². The molecule has 2 saturated heterocycles. The zero-order chi connectivity index (χ0) is 32.8. The lowest BCUT2D eigenvalue weighted by molar-refractivity contribution is -0.360. The fourth-order valence-electron chi connectivity index (χ4n) is 4.81. The van der Waals surface area contributed by atoms with E-state index in [-0.39, 0.29) is 30.3 Å². The molecule has 45 heavy (non-hydrogen) atoms. The van der Waals surface area contributed by atoms with E-state index in [1.807, 2.05) is 0 Å². The van der Waals surface area contributed by atoms with Gasteiger partial charge in [-0.2, -0.15) is 0 Å². The Balaban J connectivity index is 1.53. The summed E-state index contributed by atoms with van der Waals surface area (Å²) in [6.07, 6.45) is -14.0. The number of esters is 1. The van der Waals surface area contributed by atoms with Gasteiger partial charge in [0.05, 0.1) is 19.8 Å². The number of hydrogen-bond donors (Lipinski definition) is 10. The summed E-state index contributed by atoms with van der Waals surface area (Å²) in [6, 6.07) is 7.88. The number of phenols is 4. The third kappa shape index (κ3) is 8.19. The highest BCUT2D eigenvalue weighted by atomic mass is 16.7. The Morgan fingerprint density at radius 1 is 0.733 bits per heavy atom. The lowest BCUT2D eigenvalue weighted by atomic mass is 9.96. The third-order valence-corrected chi connectivity index (χ3v) is 7.31. The minimum Gasteiger partial charge on any atom is -0.504 e. The van der Waals surface area contributed by atoms with Crippen LogP contribution in [0.25, 0.3) is 6.08 Å². The first-order valence-electron chi connectivity index (χ1n) is 13.9. The first-order valence-corrected chi connectivity index (χ1v) is 13.9. The highest BCUT2D eigenvalue weighted by Gasteiger charge is 2.52. The van der Waals surface area contributed by atoms with Crippen LogP contribution in [0.3, 0.4) is 0 Å². The van der Waals surface area contributed by atoms with E-state index in [1.54, 1.807) is 0 Å². The molecule has 10 N–H and O–H groups in total. The molecule has 2 fully saturated rings. The molecule has 0 bridgehead atoms. The highest BCUT2D eigenvalue weighted by molar-refractivity contribution is 5.87. The number of aromatic hydroxyl groups is 4. The van der Waals surface area contributed by atoms with Crippen molar-refractivity contribution in [3.8, 4) is 23.0 Å². The van der Waals surface area contributed by atoms with Crippen LogP contribution in [-0.4, -0.2) is 138 Å². The number of rotatable bonds is 11. The van der Waals surface area contributed by atoms with Crippen LogP contribution in [0, 0.1) is 0 Å². The van der Waals surface area contributed by atoms with Crippen molar-refractivity contribution < 1.29 is 79.5 Å². The van der Waals surface area contributed by atoms with Gasteiger partial charge in [0.1, 0.15) is 42.7 Å². The van der Waals surface area contributed by atoms with Gasteiger partial charge in [-0.15, -0.1) is 0 Å². The molecule has 0 spiro atoms. The van der Waals surface area contributed by atoms with Gasteiger partial charge in [0.15, 0.2) is 41.7 Å². The van der Waals surface area contributed by atoms with Crippen LogP contribution in [0.15, 0.2) is 42.5 Å². The molecule has 0 radical (unpaired) electrons. The van der Waals surface area contributed by atoms with Gasteiger partial charge in [0.25, 0.3) is 0 Å². The zero-order valence-corrected chi connectivity index (χ0v) is 23.6. The van der Waals surface area contributed by atoms with Crippen molar-refractivity contribution in [1.29, 1.82) is 0 Å². The first kappa shape index (κ1) is 34.3. The van der Waals surface area contributed by atoms with E-state index in [0.29, 0.717) is 11.1 Å². The molecule has 0 aliphatic carbocycles. The number of phenolic OH excluding ortho intramolecular Hbond substituents is 4. The first-order chi connectivity index (χ1) is 21.4. The predicted molar refractivity (Wildman–Crippen MR) is 149 cm³/mol. The van der Waals surface area contributed by atoms with Gasteiger partial charge in [-0.3, -0.25) is 0 Å². The molecular weight excluding hydrogens is 604 g/mol. The van der Waals surface area contributed by atoms with Crippen molar-refractivity contribution in [2.45, 2.75) is 67.8 Å². The van der Waals surface area contributed by atoms with Gasteiger partial charge in [0.2, 0.25) is 0 Å². The maximum absolute atomic E-state index is 12.8. The van der Waals surface area contributed by atoms with E-state index in [0.717, 1.165) is 6.08 Å². The van der Waals surface area contributed by atoms with Gasteiger partial charge >= 0.3 is 5.97 Å². The molecule has 2 aromatic carbocycles. The van der Waals surface area contributed by atoms with E-state index in [1.165, 1.54) is 42.5 Å². The van der Waals surface area contributed by atoms with Crippen molar-refractivity contribution in [1.82, 2.24) is 0 Å². The molecule has 0 amide bonds. The van der Waals surface area contributed by atoms with Crippen LogP contribution < -0.4 is 0 Å². The molecular formula is C29H36O16. The van der Waals surface area contributed by atoms with Gasteiger partial charge in [-0.05, 0) is 47.9 Å². The fourth-order valence-corrected chi connectivity index (χ4v) is 4.81. The van der Waals surface area contributed by atoms with Crippen LogP contribution in [0.4, 0.5) is 0 Å². The number of hydrogen-bond acceptors (Lipinski definition) is 16. The standard InChI is InChI=1S/C29H36O16/c30-11-19-22(37)23(38)24(39)29(42-19)45-27-25(40)28(41-8-7-14-2-5-16(33)18(35)10-14)43-20(12-31)26(27)44-21(36)6-3-13-1-4-15(32)17(34)9-13/h1-6,9-10,19-20,22-35,37-40H,7-8,11-12H2/t19-,20-,22-,23+,24-,25-,26-,27-,28-,29-/m1/s1. The summed E-state index contributed by atoms with van der Waals surface area (Å²) in [6.45, 7) is -1.65. The van der Waals surface area contributed by atoms with Crippen molar-refractivity contribution in [3.63, 3.8) is 0 Å². The summed E-state index contributed by atoms with van der Waals surface area (Å²) in [4.78, 5) is 12.8. The Kier molecular flexibility index (Phi) is 11.6. The summed E-state index contributed by atoms with van der Waals surface area (Å²) in [5.41, 5.74) is 0.870. The number of carbonyl (C=O) groups is 1. The normalized spacial score (nSPS) is 32.0. The summed E-state index contributed by atoms with van der Waals surface area (Å²) in [7, 11) is 0. The third-order valence-electron chi connectivity index (χ3n) is 7.31. The summed E-state index contributed by atoms with van der Waals surface area (Å²) in [5.74, 6) is -2.50.